The molecule has 0 unspecified atom stereocenters. The Morgan fingerprint density at radius 3 is 2.14 bits per heavy atom. The molecule has 12 aromatic rings. The number of thiophene rings is 1. The number of nitrogens with one attached hydrogen (secondary N) is 1. The maximum atomic E-state index is 4.01. The summed E-state index contributed by atoms with van der Waals surface area (Å²) in [5.74, 6) is 0. The van der Waals surface area contributed by atoms with E-state index in [1.165, 1.54) is 102 Å². The van der Waals surface area contributed by atoms with Crippen LogP contribution in [-0.4, -0.2) is 11.8 Å². The van der Waals surface area contributed by atoms with Gasteiger partial charge in [0.1, 0.15) is 0 Å². The van der Waals surface area contributed by atoms with Crippen LogP contribution in [0.1, 0.15) is 0 Å². The summed E-state index contributed by atoms with van der Waals surface area (Å²) in [7, 11) is 0.838. The van der Waals surface area contributed by atoms with Gasteiger partial charge in [0.05, 0.1) is 16.6 Å². The van der Waals surface area contributed by atoms with E-state index in [0.717, 1.165) is 29.4 Å². The van der Waals surface area contributed by atoms with Gasteiger partial charge in [0.15, 0.2) is 7.28 Å². The lowest BCUT2D eigenvalue weighted by Gasteiger charge is -2.27. The van der Waals surface area contributed by atoms with Gasteiger partial charge in [0.2, 0.25) is 0 Å². The topological polar surface area (TPSA) is 17.0 Å². The molecule has 0 spiro atoms. The van der Waals surface area contributed by atoms with Crippen LogP contribution in [0, 0.1) is 12.1 Å². The molecule has 0 saturated carbocycles. The average molecular weight is 725 g/mol. The summed E-state index contributed by atoms with van der Waals surface area (Å²) >= 11 is 1.89. The van der Waals surface area contributed by atoms with Gasteiger partial charge in [-0.25, -0.2) is 0 Å². The molecule has 3 heterocycles. The lowest BCUT2D eigenvalue weighted by atomic mass is 9.58. The molecule has 0 fully saturated rings. The number of aromatic nitrogens is 1. The molecule has 0 bridgehead atoms. The molecular weight excluding hydrogens is 695 g/mol. The van der Waals surface area contributed by atoms with Crippen LogP contribution in [0.4, 0.5) is 11.4 Å². The monoisotopic (exact) mass is 724 g/mol. The molecule has 0 atom stereocenters. The Bertz CT molecular complexity index is 3670. The second-order valence-electron chi connectivity index (χ2n) is 15.1. The molecule has 0 amide bonds. The summed E-state index contributed by atoms with van der Waals surface area (Å²) in [4.78, 5) is 0. The first-order valence-corrected chi connectivity index (χ1v) is 20.0. The van der Waals surface area contributed by atoms with E-state index in [1.807, 2.05) is 11.3 Å². The minimum atomic E-state index is 0.838. The lowest BCUT2D eigenvalue weighted by Crippen LogP contribution is -2.37. The molecule has 1 aliphatic heterocycles. The van der Waals surface area contributed by atoms with Crippen molar-refractivity contribution < 1.29 is 0 Å². The van der Waals surface area contributed by atoms with Crippen molar-refractivity contribution in [1.29, 1.82) is 0 Å². The largest absolute Gasteiger partial charge is 0.354 e. The predicted molar refractivity (Wildman–Crippen MR) is 243 cm³/mol. The van der Waals surface area contributed by atoms with Crippen LogP contribution in [0.25, 0.3) is 102 Å². The normalized spacial score (nSPS) is 12.3. The summed E-state index contributed by atoms with van der Waals surface area (Å²) in [6, 6.07) is 67.3. The highest BCUT2D eigenvalue weighted by Gasteiger charge is 2.29. The molecule has 56 heavy (non-hydrogen) atoms. The summed E-state index contributed by atoms with van der Waals surface area (Å²) in [6.45, 7) is 0. The van der Waals surface area contributed by atoms with E-state index in [0.29, 0.717) is 0 Å². The number of hydrogen-bond acceptors (Lipinski definition) is 2. The van der Waals surface area contributed by atoms with Crippen LogP contribution in [0.15, 0.2) is 164 Å². The van der Waals surface area contributed by atoms with E-state index >= 15 is 0 Å². The molecule has 2 nitrogen and oxygen atoms in total. The van der Waals surface area contributed by atoms with Crippen LogP contribution in [0.5, 0.6) is 0 Å². The molecule has 13 rings (SSSR count). The van der Waals surface area contributed by atoms with Crippen LogP contribution in [0.3, 0.4) is 0 Å². The van der Waals surface area contributed by atoms with Crippen molar-refractivity contribution >= 4 is 126 Å². The third-order valence-electron chi connectivity index (χ3n) is 12.2. The minimum Gasteiger partial charge on any atom is -0.354 e. The number of rotatable bonds is 3. The van der Waals surface area contributed by atoms with E-state index in [1.54, 1.807) is 0 Å². The molecule has 1 N–H and O–H groups in total. The zero-order valence-corrected chi connectivity index (χ0v) is 31.0. The van der Waals surface area contributed by atoms with Crippen molar-refractivity contribution in [2.75, 3.05) is 5.32 Å². The maximum absolute atomic E-state index is 4.01. The van der Waals surface area contributed by atoms with Crippen molar-refractivity contribution in [3.05, 3.63) is 176 Å². The Balaban J connectivity index is 1.16. The molecule has 0 radical (unpaired) electrons. The molecule has 1 aliphatic rings. The zero-order valence-electron chi connectivity index (χ0n) is 30.2. The predicted octanol–water partition coefficient (Wildman–Crippen LogP) is 12.5. The van der Waals surface area contributed by atoms with E-state index in [4.69, 9.17) is 0 Å². The Kier molecular flexibility index (Phi) is 6.08. The van der Waals surface area contributed by atoms with Gasteiger partial charge < -0.3 is 9.88 Å². The Hall–Kier alpha value is -7.06. The molecule has 0 aliphatic carbocycles. The molecule has 256 valence electrons. The number of fused-ring (bicyclic) bond motifs is 15. The molecule has 4 heteroatoms. The standard InChI is InChI=1S/C52H29BN2S/c1-4-14-33-30(11-1)23-25-37-36(33)18-10-21-44(37)54-45-28-27-41-38-17-7-8-22-46(38)56-52(41)47(45)42-29-32-13-3-6-16-35(32)51-48(42)53-43-20-9-19-39-40-26-24-31-12-2-5-15-34(31)49(40)55(51)50(39)43/h1-22,24,26-29,53-54H. The number of hydrogen-bond donors (Lipinski definition) is 1. The fraction of sp³-hybridized carbons (Fsp3) is 0. The van der Waals surface area contributed by atoms with Crippen molar-refractivity contribution in [3.8, 4) is 16.8 Å². The Morgan fingerprint density at radius 1 is 0.500 bits per heavy atom. The summed E-state index contributed by atoms with van der Waals surface area (Å²) in [6.07, 6.45) is 0. The van der Waals surface area contributed by atoms with Crippen LogP contribution in [-0.2, 0) is 0 Å². The van der Waals surface area contributed by atoms with Crippen LogP contribution < -0.4 is 16.2 Å². The number of para-hydroxylation sites is 1. The van der Waals surface area contributed by atoms with E-state index in [-0.39, 0.29) is 0 Å². The van der Waals surface area contributed by atoms with Gasteiger partial charge >= 0.3 is 0 Å². The van der Waals surface area contributed by atoms with Crippen molar-refractivity contribution in [2.24, 2.45) is 0 Å². The van der Waals surface area contributed by atoms with Gasteiger partial charge in [-0.05, 0) is 57.5 Å². The second kappa shape index (κ2) is 11.2. The SMILES string of the molecule is B1c2c(-c3c(Nc4cccc5c4c#cc4ccccc45)ccc4c3sc3ccccc34)cc3ccccc3c2-n2c3c1cccc3c1ccc3ccccc3c12. The number of benzene rings is 9. The highest BCUT2D eigenvalue weighted by Crippen LogP contribution is 2.47. The van der Waals surface area contributed by atoms with E-state index in [9.17, 15) is 0 Å². The van der Waals surface area contributed by atoms with Gasteiger partial charge in [0, 0.05) is 74.9 Å². The smallest absolute Gasteiger partial charge is 0.198 e. The summed E-state index contributed by atoms with van der Waals surface area (Å²) in [5.41, 5.74) is 11.2. The highest BCUT2D eigenvalue weighted by molar-refractivity contribution is 7.26. The van der Waals surface area contributed by atoms with Gasteiger partial charge in [0.25, 0.3) is 0 Å². The minimum absolute atomic E-state index is 0.838. The molecule has 10 aromatic carbocycles. The summed E-state index contributed by atoms with van der Waals surface area (Å²) < 4.78 is 5.21. The molecule has 2 aromatic heterocycles. The third kappa shape index (κ3) is 4.07. The third-order valence-corrected chi connectivity index (χ3v) is 13.4. The molecule has 0 saturated heterocycles. The Labute approximate surface area is 327 Å². The highest BCUT2D eigenvalue weighted by atomic mass is 32.1. The second-order valence-corrected chi connectivity index (χ2v) is 16.1. The first kappa shape index (κ1) is 30.3. The van der Waals surface area contributed by atoms with E-state index < -0.39 is 0 Å². The van der Waals surface area contributed by atoms with Gasteiger partial charge in [-0.1, -0.05) is 151 Å². The van der Waals surface area contributed by atoms with Crippen molar-refractivity contribution in [3.63, 3.8) is 0 Å². The van der Waals surface area contributed by atoms with Crippen molar-refractivity contribution in [1.82, 2.24) is 4.57 Å². The first-order valence-electron chi connectivity index (χ1n) is 19.2. The van der Waals surface area contributed by atoms with Gasteiger partial charge in [-0.15, -0.1) is 11.3 Å². The quantitative estimate of drug-likeness (QED) is 0.180. The van der Waals surface area contributed by atoms with Crippen LogP contribution >= 0.6 is 11.3 Å². The molecular formula is C52H29BN2S. The van der Waals surface area contributed by atoms with Crippen molar-refractivity contribution in [2.45, 2.75) is 0 Å². The number of nitrogens with zero attached hydrogens (tertiary/aromatic N) is 1. The lowest BCUT2D eigenvalue weighted by molar-refractivity contribution is 1.22. The zero-order chi connectivity index (χ0) is 36.5. The number of anilines is 2. The van der Waals surface area contributed by atoms with Gasteiger partial charge in [-0.3, -0.25) is 0 Å². The fourth-order valence-corrected chi connectivity index (χ4v) is 11.0. The Morgan fingerprint density at radius 2 is 1.21 bits per heavy atom. The average Bonchev–Trinajstić information content (AvgIpc) is 3.80. The van der Waals surface area contributed by atoms with Gasteiger partial charge in [-0.2, -0.15) is 0 Å². The summed E-state index contributed by atoms with van der Waals surface area (Å²) in [5, 5.41) is 18.7. The maximum Gasteiger partial charge on any atom is 0.198 e. The van der Waals surface area contributed by atoms with E-state index in [2.05, 4.69) is 186 Å². The first-order chi connectivity index (χ1) is 27.8. The van der Waals surface area contributed by atoms with Crippen LogP contribution in [0.2, 0.25) is 0 Å². The fourth-order valence-electron chi connectivity index (χ4n) is 9.76.